The van der Waals surface area contributed by atoms with E-state index in [2.05, 4.69) is 5.43 Å². The number of nitrogens with two attached hydrogens (primary N) is 1. The molecule has 0 unspecified atom stereocenters. The van der Waals surface area contributed by atoms with Crippen molar-refractivity contribution in [2.45, 2.75) is 6.92 Å². The second-order valence-corrected chi connectivity index (χ2v) is 2.35. The van der Waals surface area contributed by atoms with E-state index in [4.69, 9.17) is 10.6 Å². The number of hydrogen-bond donors (Lipinski definition) is 2. The number of hydrazine groups is 1. The molecule has 0 aromatic heterocycles. The van der Waals surface area contributed by atoms with Crippen LogP contribution in [0.25, 0.3) is 0 Å². The zero-order chi connectivity index (χ0) is 8.27. The van der Waals surface area contributed by atoms with Crippen LogP contribution in [0, 0.1) is 6.92 Å². The molecular weight excluding hydrogens is 176 g/mol. The Hall–Kier alpha value is -0.930. The molecule has 0 radical (unpaired) electrons. The first kappa shape index (κ1) is 11.1. The third-order valence-electron chi connectivity index (χ3n) is 1.51. The molecule has 0 saturated heterocycles. The molecule has 0 heterocycles. The lowest BCUT2D eigenvalue weighted by Gasteiger charge is -2.07. The van der Waals surface area contributed by atoms with Crippen LogP contribution in [0.4, 0.5) is 5.69 Å². The number of ether oxygens (including phenoxy) is 1. The van der Waals surface area contributed by atoms with Crippen LogP contribution >= 0.6 is 12.4 Å². The maximum atomic E-state index is 5.27. The van der Waals surface area contributed by atoms with E-state index >= 15 is 0 Å². The third-order valence-corrected chi connectivity index (χ3v) is 1.51. The zero-order valence-electron chi connectivity index (χ0n) is 7.13. The second-order valence-electron chi connectivity index (χ2n) is 2.35. The first-order valence-electron chi connectivity index (χ1n) is 3.39. The number of hydrogen-bond acceptors (Lipinski definition) is 3. The van der Waals surface area contributed by atoms with Crippen LogP contribution in [0.5, 0.6) is 5.75 Å². The number of aryl methyl sites for hydroxylation is 1. The molecule has 0 fully saturated rings. The number of methoxy groups -OCH3 is 1. The second kappa shape index (κ2) is 4.85. The van der Waals surface area contributed by atoms with Crippen LogP contribution in [-0.2, 0) is 0 Å². The van der Waals surface area contributed by atoms with Gasteiger partial charge in [0, 0.05) is 0 Å². The Morgan fingerprint density at radius 3 is 2.58 bits per heavy atom. The Bertz CT molecular complexity index is 253. The van der Waals surface area contributed by atoms with E-state index < -0.39 is 0 Å². The summed E-state index contributed by atoms with van der Waals surface area (Å²) in [6, 6.07) is 5.78. The van der Waals surface area contributed by atoms with E-state index in [1.807, 2.05) is 25.1 Å². The van der Waals surface area contributed by atoms with Crippen LogP contribution in [0.15, 0.2) is 18.2 Å². The molecule has 0 aliphatic heterocycles. The Morgan fingerprint density at radius 2 is 2.08 bits per heavy atom. The predicted octanol–water partition coefficient (Wildman–Crippen LogP) is 1.71. The lowest BCUT2D eigenvalue weighted by atomic mass is 10.2. The van der Waals surface area contributed by atoms with Crippen molar-refractivity contribution >= 4 is 18.1 Å². The molecule has 68 valence electrons. The summed E-state index contributed by atoms with van der Waals surface area (Å²) in [4.78, 5) is 0. The van der Waals surface area contributed by atoms with Crippen LogP contribution in [-0.4, -0.2) is 7.11 Å². The lowest BCUT2D eigenvalue weighted by Crippen LogP contribution is -2.08. The van der Waals surface area contributed by atoms with Crippen molar-refractivity contribution in [2.24, 2.45) is 5.84 Å². The Labute approximate surface area is 78.3 Å². The van der Waals surface area contributed by atoms with E-state index in [-0.39, 0.29) is 12.4 Å². The van der Waals surface area contributed by atoms with Crippen molar-refractivity contribution in [2.75, 3.05) is 12.5 Å². The summed E-state index contributed by atoms with van der Waals surface area (Å²) >= 11 is 0. The Balaban J connectivity index is 0.00000121. The van der Waals surface area contributed by atoms with Crippen molar-refractivity contribution in [3.63, 3.8) is 0 Å². The van der Waals surface area contributed by atoms with Gasteiger partial charge in [-0.25, -0.2) is 0 Å². The average molecular weight is 189 g/mol. The summed E-state index contributed by atoms with van der Waals surface area (Å²) in [6.07, 6.45) is 0. The minimum Gasteiger partial charge on any atom is -0.495 e. The molecule has 12 heavy (non-hydrogen) atoms. The predicted molar refractivity (Wildman–Crippen MR) is 52.8 cm³/mol. The van der Waals surface area contributed by atoms with Crippen molar-refractivity contribution in [1.29, 1.82) is 0 Å². The monoisotopic (exact) mass is 188 g/mol. The molecule has 1 aromatic rings. The smallest absolute Gasteiger partial charge is 0.143 e. The maximum absolute atomic E-state index is 5.27. The molecule has 0 amide bonds. The van der Waals surface area contributed by atoms with Crippen LogP contribution in [0.2, 0.25) is 0 Å². The minimum atomic E-state index is 0. The molecular formula is C8H13ClN2O. The van der Waals surface area contributed by atoms with Gasteiger partial charge in [-0.2, -0.15) is 0 Å². The highest BCUT2D eigenvalue weighted by molar-refractivity contribution is 5.85. The lowest BCUT2D eigenvalue weighted by molar-refractivity contribution is 0.416. The summed E-state index contributed by atoms with van der Waals surface area (Å²) in [6.45, 7) is 2.00. The normalized spacial score (nSPS) is 8.58. The molecule has 0 aliphatic carbocycles. The van der Waals surface area contributed by atoms with Gasteiger partial charge in [-0.1, -0.05) is 6.07 Å². The standard InChI is InChI=1S/C8H12N2O.ClH/c1-6-3-4-8(11-2)7(5-6)10-9;/h3-5,10H,9H2,1-2H3;1H. The van der Waals surface area contributed by atoms with Crippen molar-refractivity contribution in [3.05, 3.63) is 23.8 Å². The fourth-order valence-corrected chi connectivity index (χ4v) is 0.935. The van der Waals surface area contributed by atoms with Crippen LogP contribution < -0.4 is 16.0 Å². The zero-order valence-corrected chi connectivity index (χ0v) is 7.94. The summed E-state index contributed by atoms with van der Waals surface area (Å²) in [7, 11) is 1.62. The molecule has 0 bridgehead atoms. The molecule has 3 nitrogen and oxygen atoms in total. The molecule has 3 N–H and O–H groups in total. The van der Waals surface area contributed by atoms with E-state index in [1.165, 1.54) is 0 Å². The van der Waals surface area contributed by atoms with E-state index in [0.29, 0.717) is 0 Å². The molecule has 0 atom stereocenters. The van der Waals surface area contributed by atoms with Gasteiger partial charge in [-0.15, -0.1) is 12.4 Å². The van der Waals surface area contributed by atoms with Crippen molar-refractivity contribution in [3.8, 4) is 5.75 Å². The summed E-state index contributed by atoms with van der Waals surface area (Å²) in [5.74, 6) is 6.03. The first-order valence-corrected chi connectivity index (χ1v) is 3.39. The molecule has 0 aliphatic rings. The number of benzene rings is 1. The minimum absolute atomic E-state index is 0. The van der Waals surface area contributed by atoms with E-state index in [0.717, 1.165) is 17.0 Å². The quantitative estimate of drug-likeness (QED) is 0.549. The number of rotatable bonds is 2. The number of anilines is 1. The Morgan fingerprint density at radius 1 is 1.42 bits per heavy atom. The molecule has 0 spiro atoms. The highest BCUT2D eigenvalue weighted by Crippen LogP contribution is 2.23. The molecule has 1 aromatic carbocycles. The highest BCUT2D eigenvalue weighted by atomic mass is 35.5. The topological polar surface area (TPSA) is 47.3 Å². The molecule has 0 saturated carbocycles. The maximum Gasteiger partial charge on any atom is 0.143 e. The van der Waals surface area contributed by atoms with Gasteiger partial charge in [0.2, 0.25) is 0 Å². The fraction of sp³-hybridized carbons (Fsp3) is 0.250. The first-order chi connectivity index (χ1) is 5.27. The highest BCUT2D eigenvalue weighted by Gasteiger charge is 1.98. The van der Waals surface area contributed by atoms with Crippen LogP contribution in [0.1, 0.15) is 5.56 Å². The molecule has 1 rings (SSSR count). The summed E-state index contributed by atoms with van der Waals surface area (Å²) in [5, 5.41) is 0. The summed E-state index contributed by atoms with van der Waals surface area (Å²) in [5.41, 5.74) is 4.53. The summed E-state index contributed by atoms with van der Waals surface area (Å²) < 4.78 is 5.05. The van der Waals surface area contributed by atoms with E-state index in [1.54, 1.807) is 7.11 Å². The van der Waals surface area contributed by atoms with E-state index in [9.17, 15) is 0 Å². The van der Waals surface area contributed by atoms with Gasteiger partial charge < -0.3 is 10.2 Å². The van der Waals surface area contributed by atoms with Gasteiger partial charge in [0.25, 0.3) is 0 Å². The SMILES string of the molecule is COc1ccc(C)cc1NN.Cl. The van der Waals surface area contributed by atoms with Gasteiger partial charge >= 0.3 is 0 Å². The largest absolute Gasteiger partial charge is 0.495 e. The van der Waals surface area contributed by atoms with Gasteiger partial charge in [-0.3, -0.25) is 5.84 Å². The number of halogens is 1. The number of nitrogens with one attached hydrogen (secondary N) is 1. The average Bonchev–Trinajstić information content (AvgIpc) is 2.04. The third kappa shape index (κ3) is 2.29. The fourth-order valence-electron chi connectivity index (χ4n) is 0.935. The number of nitrogen functional groups attached to an aromatic ring is 1. The van der Waals surface area contributed by atoms with Crippen LogP contribution in [0.3, 0.4) is 0 Å². The van der Waals surface area contributed by atoms with Gasteiger partial charge in [0.1, 0.15) is 5.75 Å². The van der Waals surface area contributed by atoms with Crippen molar-refractivity contribution < 1.29 is 4.74 Å². The van der Waals surface area contributed by atoms with Gasteiger partial charge in [-0.05, 0) is 24.6 Å². The van der Waals surface area contributed by atoms with Gasteiger partial charge in [0.05, 0.1) is 12.8 Å². The Kier molecular flexibility index (Phi) is 4.47. The molecule has 4 heteroatoms. The van der Waals surface area contributed by atoms with Gasteiger partial charge in [0.15, 0.2) is 0 Å². The van der Waals surface area contributed by atoms with Crippen molar-refractivity contribution in [1.82, 2.24) is 0 Å².